The van der Waals surface area contributed by atoms with Gasteiger partial charge >= 0.3 is 0 Å². The van der Waals surface area contributed by atoms with Crippen LogP contribution >= 0.6 is 11.6 Å². The predicted molar refractivity (Wildman–Crippen MR) is 138 cm³/mol. The Morgan fingerprint density at radius 1 is 1.23 bits per heavy atom. The molecular formula is C24H27ClFN5O7S. The van der Waals surface area contributed by atoms with Crippen molar-refractivity contribution in [2.24, 2.45) is 0 Å². The minimum atomic E-state index is -3.32. The summed E-state index contributed by atoms with van der Waals surface area (Å²) in [6.07, 6.45) is 0.389. The zero-order valence-electron chi connectivity index (χ0n) is 20.8. The third-order valence-electron chi connectivity index (χ3n) is 6.94. The lowest BCUT2D eigenvalue weighted by Crippen LogP contribution is -2.34. The van der Waals surface area contributed by atoms with Crippen molar-refractivity contribution in [2.75, 3.05) is 37.9 Å². The van der Waals surface area contributed by atoms with Gasteiger partial charge in [-0.05, 0) is 30.5 Å². The van der Waals surface area contributed by atoms with E-state index >= 15 is 4.39 Å². The van der Waals surface area contributed by atoms with Crippen LogP contribution in [0.15, 0.2) is 18.2 Å². The molecule has 3 aromatic rings. The molecule has 2 saturated heterocycles. The van der Waals surface area contributed by atoms with Crippen molar-refractivity contribution in [3.05, 3.63) is 40.2 Å². The highest BCUT2D eigenvalue weighted by molar-refractivity contribution is 7.88. The summed E-state index contributed by atoms with van der Waals surface area (Å²) in [4.78, 5) is 12.0. The summed E-state index contributed by atoms with van der Waals surface area (Å²) in [6.45, 7) is 0.623. The summed E-state index contributed by atoms with van der Waals surface area (Å²) in [6, 6.07) is 4.58. The van der Waals surface area contributed by atoms with Gasteiger partial charge in [0, 0.05) is 18.2 Å². The van der Waals surface area contributed by atoms with E-state index in [2.05, 4.69) is 25.0 Å². The first-order chi connectivity index (χ1) is 18.6. The molecule has 15 heteroatoms. The van der Waals surface area contributed by atoms with Crippen LogP contribution in [0.2, 0.25) is 5.02 Å². The van der Waals surface area contributed by atoms with Gasteiger partial charge in [-0.25, -0.2) is 22.5 Å². The Labute approximate surface area is 228 Å². The first-order valence-corrected chi connectivity index (χ1v) is 14.7. The predicted octanol–water partition coefficient (Wildman–Crippen LogP) is 1.68. The number of halogens is 2. The molecule has 12 nitrogen and oxygen atoms in total. The van der Waals surface area contributed by atoms with Crippen molar-refractivity contribution in [1.29, 1.82) is 0 Å². The number of ether oxygens (including phenoxy) is 4. The van der Waals surface area contributed by atoms with Crippen molar-refractivity contribution in [3.63, 3.8) is 0 Å². The van der Waals surface area contributed by atoms with Crippen LogP contribution in [0.5, 0.6) is 11.8 Å². The number of anilines is 1. The van der Waals surface area contributed by atoms with Gasteiger partial charge < -0.3 is 34.4 Å². The number of H-pyrrole nitrogens is 1. The number of pyridine rings is 1. The van der Waals surface area contributed by atoms with Crippen molar-refractivity contribution in [1.82, 2.24) is 19.7 Å². The van der Waals surface area contributed by atoms with Crippen LogP contribution in [0.25, 0.3) is 11.2 Å². The van der Waals surface area contributed by atoms with Gasteiger partial charge in [-0.15, -0.1) is 0 Å². The molecule has 0 bridgehead atoms. The van der Waals surface area contributed by atoms with Crippen LogP contribution in [0.3, 0.4) is 0 Å². The number of sulfonamides is 1. The standard InChI is InChI=1S/C24H27ClFN5O7S/c1-39(33,34)27-4-5-35-12-6-11-2-3-15(19(11)14(26)7-12)28-22-13(25)8-16-23(30-22)31-24(29-16)38-18-10-37-20-17(32)9-36-21(18)20/h6-8,15,17-18,20-21,27,32H,2-5,9-10H2,1H3,(H2,28,29,30,31)/t15?,17-,18-,20-,21-/m1/s1. The number of aliphatic hydroxyl groups is 1. The minimum Gasteiger partial charge on any atom is -0.492 e. The third kappa shape index (κ3) is 5.49. The van der Waals surface area contributed by atoms with E-state index in [1.54, 1.807) is 12.1 Å². The van der Waals surface area contributed by atoms with E-state index in [0.29, 0.717) is 46.2 Å². The molecule has 6 rings (SSSR count). The second-order valence-electron chi connectivity index (χ2n) is 9.78. The quantitative estimate of drug-likeness (QED) is 0.273. The molecule has 1 aromatic carbocycles. The number of benzene rings is 1. The summed E-state index contributed by atoms with van der Waals surface area (Å²) in [7, 11) is -3.32. The van der Waals surface area contributed by atoms with E-state index in [4.69, 9.17) is 30.5 Å². The third-order valence-corrected chi connectivity index (χ3v) is 7.95. The smallest absolute Gasteiger partial charge is 0.296 e. The Morgan fingerprint density at radius 2 is 2.05 bits per heavy atom. The monoisotopic (exact) mass is 583 g/mol. The molecule has 0 radical (unpaired) electrons. The van der Waals surface area contributed by atoms with Crippen molar-refractivity contribution in [3.8, 4) is 11.8 Å². The summed E-state index contributed by atoms with van der Waals surface area (Å²) in [5, 5.41) is 13.5. The number of imidazole rings is 1. The van der Waals surface area contributed by atoms with Crippen LogP contribution in [0.1, 0.15) is 23.6 Å². The van der Waals surface area contributed by atoms with Crippen molar-refractivity contribution >= 4 is 38.6 Å². The number of hydrogen-bond donors (Lipinski definition) is 4. The number of aromatic amines is 1. The Bertz CT molecular complexity index is 1510. The molecule has 39 heavy (non-hydrogen) atoms. The Kier molecular flexibility index (Phi) is 7.02. The lowest BCUT2D eigenvalue weighted by atomic mass is 10.1. The molecule has 1 aliphatic carbocycles. The van der Waals surface area contributed by atoms with Gasteiger partial charge in [-0.2, -0.15) is 4.98 Å². The van der Waals surface area contributed by atoms with Crippen LogP contribution < -0.4 is 19.5 Å². The zero-order chi connectivity index (χ0) is 27.3. The maximum atomic E-state index is 15.1. The van der Waals surface area contributed by atoms with Crippen LogP contribution in [-0.4, -0.2) is 85.5 Å². The lowest BCUT2D eigenvalue weighted by molar-refractivity contribution is 0.00706. The number of fused-ring (bicyclic) bond motifs is 3. The normalized spacial score (nSPS) is 26.1. The average molecular weight is 584 g/mol. The topological polar surface area (TPSA) is 157 Å². The number of aryl methyl sites for hydroxylation is 1. The molecule has 1 unspecified atom stereocenters. The highest BCUT2D eigenvalue weighted by atomic mass is 35.5. The number of hydrogen-bond acceptors (Lipinski definition) is 10. The molecule has 3 aliphatic rings. The molecule has 5 atom stereocenters. The summed E-state index contributed by atoms with van der Waals surface area (Å²) in [5.74, 6) is 0.260. The van der Waals surface area contributed by atoms with Gasteiger partial charge in [-0.1, -0.05) is 11.6 Å². The maximum absolute atomic E-state index is 15.1. The number of rotatable bonds is 9. The molecule has 2 fully saturated rings. The molecular weight excluding hydrogens is 557 g/mol. The van der Waals surface area contributed by atoms with Crippen LogP contribution in [0.4, 0.5) is 10.2 Å². The molecule has 2 aromatic heterocycles. The molecule has 4 heterocycles. The van der Waals surface area contributed by atoms with E-state index < -0.39 is 34.2 Å². The SMILES string of the molecule is CS(=O)(=O)NCCOc1cc(F)c2c(c1)CCC2Nc1nc2nc(O[C@@H]3CO[C@H]4[C@@H]3OC[C@H]4O)[nH]c2cc1Cl. The average Bonchev–Trinajstić information content (AvgIpc) is 3.63. The Hall–Kier alpha value is -2.75. The molecule has 0 saturated carbocycles. The fraction of sp³-hybridized carbons (Fsp3) is 0.500. The van der Waals surface area contributed by atoms with Crippen molar-refractivity contribution < 1.29 is 36.9 Å². The molecule has 4 N–H and O–H groups in total. The Morgan fingerprint density at radius 3 is 2.87 bits per heavy atom. The second kappa shape index (κ2) is 10.3. The first kappa shape index (κ1) is 26.5. The van der Waals surface area contributed by atoms with Crippen molar-refractivity contribution in [2.45, 2.75) is 43.3 Å². The van der Waals surface area contributed by atoms with E-state index in [-0.39, 0.29) is 44.5 Å². The molecule has 210 valence electrons. The number of aromatic nitrogens is 3. The Balaban J connectivity index is 1.14. The minimum absolute atomic E-state index is 0.0753. The summed E-state index contributed by atoms with van der Waals surface area (Å²) in [5.41, 5.74) is 2.23. The first-order valence-electron chi connectivity index (χ1n) is 12.4. The zero-order valence-corrected chi connectivity index (χ0v) is 22.4. The molecule has 0 amide bonds. The van der Waals surface area contributed by atoms with E-state index in [0.717, 1.165) is 11.8 Å². The highest BCUT2D eigenvalue weighted by Crippen LogP contribution is 2.39. The van der Waals surface area contributed by atoms with E-state index in [9.17, 15) is 13.5 Å². The fourth-order valence-electron chi connectivity index (χ4n) is 5.22. The largest absolute Gasteiger partial charge is 0.492 e. The second-order valence-corrected chi connectivity index (χ2v) is 12.0. The molecule has 0 spiro atoms. The highest BCUT2D eigenvalue weighted by Gasteiger charge is 2.48. The summed E-state index contributed by atoms with van der Waals surface area (Å²) >= 11 is 6.50. The van der Waals surface area contributed by atoms with Crippen LogP contribution in [-0.2, 0) is 25.9 Å². The number of nitrogens with one attached hydrogen (secondary N) is 3. The lowest BCUT2D eigenvalue weighted by Gasteiger charge is -2.17. The number of aliphatic hydroxyl groups excluding tert-OH is 1. The van der Waals surface area contributed by atoms with Gasteiger partial charge in [0.1, 0.15) is 42.3 Å². The van der Waals surface area contributed by atoms with Gasteiger partial charge in [0.25, 0.3) is 6.01 Å². The van der Waals surface area contributed by atoms with Crippen LogP contribution in [0, 0.1) is 5.82 Å². The summed E-state index contributed by atoms with van der Waals surface area (Å²) < 4.78 is 62.4. The van der Waals surface area contributed by atoms with E-state index in [1.807, 2.05) is 0 Å². The van der Waals surface area contributed by atoms with E-state index in [1.165, 1.54) is 6.07 Å². The van der Waals surface area contributed by atoms with Gasteiger partial charge in [-0.3, -0.25) is 0 Å². The van der Waals surface area contributed by atoms with Gasteiger partial charge in [0.05, 0.1) is 36.1 Å². The van der Waals surface area contributed by atoms with Gasteiger partial charge in [0.15, 0.2) is 11.8 Å². The maximum Gasteiger partial charge on any atom is 0.296 e. The molecule has 2 aliphatic heterocycles. The fourth-order valence-corrected chi connectivity index (χ4v) is 5.88. The van der Waals surface area contributed by atoms with Gasteiger partial charge in [0.2, 0.25) is 10.0 Å². The number of nitrogens with zero attached hydrogens (tertiary/aromatic N) is 2.